The number of hydrogen-bond donors (Lipinski definition) is 0. The van der Waals surface area contributed by atoms with Crippen molar-refractivity contribution < 1.29 is 4.79 Å². The third-order valence-corrected chi connectivity index (χ3v) is 2.73. The summed E-state index contributed by atoms with van der Waals surface area (Å²) in [6, 6.07) is 0.600. The number of carbonyl (C=O) groups is 1. The van der Waals surface area contributed by atoms with Crippen molar-refractivity contribution in [1.29, 1.82) is 0 Å². The summed E-state index contributed by atoms with van der Waals surface area (Å²) in [7, 11) is 0. The second-order valence-electron chi connectivity index (χ2n) is 4.01. The van der Waals surface area contributed by atoms with Gasteiger partial charge in [0, 0.05) is 17.7 Å². The predicted molar refractivity (Wildman–Crippen MR) is 61.2 cm³/mol. The first-order valence-electron chi connectivity index (χ1n) is 5.43. The summed E-state index contributed by atoms with van der Waals surface area (Å²) in [5.74, 6) is 0.0914. The van der Waals surface area contributed by atoms with Gasteiger partial charge in [0.25, 0.3) is 0 Å². The Morgan fingerprint density at radius 1 is 1.21 bits per heavy atom. The minimum absolute atomic E-state index is 0.0914. The Labute approximate surface area is 88.0 Å². The molecule has 2 heteroatoms. The van der Waals surface area contributed by atoms with Gasteiger partial charge in [0.15, 0.2) is 0 Å². The van der Waals surface area contributed by atoms with E-state index in [1.165, 1.54) is 0 Å². The van der Waals surface area contributed by atoms with E-state index in [-0.39, 0.29) is 5.91 Å². The fourth-order valence-corrected chi connectivity index (χ4v) is 1.45. The molecule has 1 amide bonds. The lowest BCUT2D eigenvalue weighted by Crippen LogP contribution is -2.44. The van der Waals surface area contributed by atoms with Gasteiger partial charge in [0.2, 0.25) is 5.91 Å². The lowest BCUT2D eigenvalue weighted by molar-refractivity contribution is -0.131. The highest BCUT2D eigenvalue weighted by molar-refractivity contribution is 5.92. The van der Waals surface area contributed by atoms with Crippen molar-refractivity contribution in [2.24, 2.45) is 0 Å². The van der Waals surface area contributed by atoms with Crippen LogP contribution in [-0.4, -0.2) is 22.9 Å². The van der Waals surface area contributed by atoms with Gasteiger partial charge in [-0.3, -0.25) is 4.79 Å². The molecule has 0 saturated carbocycles. The van der Waals surface area contributed by atoms with Gasteiger partial charge in [-0.1, -0.05) is 20.4 Å². The standard InChI is InChI=1S/C12H23NO/c1-7-10(5)13(11(6)8-2)12(14)9(3)4/h10-11H,3,7-8H2,1-2,4-6H3. The van der Waals surface area contributed by atoms with Crippen molar-refractivity contribution in [3.63, 3.8) is 0 Å². The Morgan fingerprint density at radius 3 is 1.79 bits per heavy atom. The lowest BCUT2D eigenvalue weighted by Gasteiger charge is -2.34. The molecule has 2 atom stereocenters. The van der Waals surface area contributed by atoms with Crippen molar-refractivity contribution >= 4 is 5.91 Å². The maximum Gasteiger partial charge on any atom is 0.249 e. The molecule has 14 heavy (non-hydrogen) atoms. The monoisotopic (exact) mass is 197 g/mol. The zero-order valence-electron chi connectivity index (χ0n) is 10.1. The van der Waals surface area contributed by atoms with E-state index < -0.39 is 0 Å². The zero-order chi connectivity index (χ0) is 11.3. The van der Waals surface area contributed by atoms with Crippen LogP contribution in [0, 0.1) is 0 Å². The van der Waals surface area contributed by atoms with Crippen LogP contribution in [0.3, 0.4) is 0 Å². The van der Waals surface area contributed by atoms with E-state index >= 15 is 0 Å². The van der Waals surface area contributed by atoms with Crippen molar-refractivity contribution in [3.05, 3.63) is 12.2 Å². The molecule has 0 aromatic heterocycles. The zero-order valence-corrected chi connectivity index (χ0v) is 10.1. The van der Waals surface area contributed by atoms with Crippen molar-refractivity contribution in [2.75, 3.05) is 0 Å². The van der Waals surface area contributed by atoms with Gasteiger partial charge < -0.3 is 4.90 Å². The molecule has 0 rings (SSSR count). The van der Waals surface area contributed by atoms with Crippen LogP contribution in [0.4, 0.5) is 0 Å². The molecule has 0 aliphatic heterocycles. The molecule has 0 aromatic rings. The van der Waals surface area contributed by atoms with Gasteiger partial charge in [-0.15, -0.1) is 0 Å². The lowest BCUT2D eigenvalue weighted by atomic mass is 10.1. The first kappa shape index (κ1) is 13.2. The summed E-state index contributed by atoms with van der Waals surface area (Å²) in [5, 5.41) is 0. The third kappa shape index (κ3) is 3.17. The van der Waals surface area contributed by atoms with Gasteiger partial charge in [-0.05, 0) is 33.6 Å². The fraction of sp³-hybridized carbons (Fsp3) is 0.750. The van der Waals surface area contributed by atoms with Gasteiger partial charge in [0.1, 0.15) is 0 Å². The first-order valence-corrected chi connectivity index (χ1v) is 5.43. The molecular weight excluding hydrogens is 174 g/mol. The smallest absolute Gasteiger partial charge is 0.249 e. The molecule has 2 nitrogen and oxygen atoms in total. The summed E-state index contributed by atoms with van der Waals surface area (Å²) in [6.45, 7) is 13.9. The van der Waals surface area contributed by atoms with Crippen LogP contribution in [0.1, 0.15) is 47.5 Å². The second kappa shape index (κ2) is 5.84. The molecule has 0 saturated heterocycles. The van der Waals surface area contributed by atoms with Crippen LogP contribution < -0.4 is 0 Å². The van der Waals surface area contributed by atoms with Gasteiger partial charge >= 0.3 is 0 Å². The number of amides is 1. The van der Waals surface area contributed by atoms with Crippen LogP contribution in [0.25, 0.3) is 0 Å². The molecule has 0 aliphatic rings. The summed E-state index contributed by atoms with van der Waals surface area (Å²) in [5.41, 5.74) is 0.630. The third-order valence-electron chi connectivity index (χ3n) is 2.73. The van der Waals surface area contributed by atoms with Crippen LogP contribution in [0.15, 0.2) is 12.2 Å². The van der Waals surface area contributed by atoms with Crippen LogP contribution in [-0.2, 0) is 4.79 Å². The molecular formula is C12H23NO. The van der Waals surface area contributed by atoms with Crippen molar-refractivity contribution in [3.8, 4) is 0 Å². The van der Waals surface area contributed by atoms with E-state index in [2.05, 4.69) is 34.3 Å². The Morgan fingerprint density at radius 2 is 1.57 bits per heavy atom. The Balaban J connectivity index is 4.71. The Hall–Kier alpha value is -0.790. The number of rotatable bonds is 5. The summed E-state index contributed by atoms with van der Waals surface area (Å²) in [6.07, 6.45) is 1.98. The highest BCUT2D eigenvalue weighted by Crippen LogP contribution is 2.14. The second-order valence-corrected chi connectivity index (χ2v) is 4.01. The van der Waals surface area contributed by atoms with Crippen LogP contribution in [0.5, 0.6) is 0 Å². The number of carbonyl (C=O) groups excluding carboxylic acids is 1. The van der Waals surface area contributed by atoms with E-state index in [9.17, 15) is 4.79 Å². The summed E-state index contributed by atoms with van der Waals surface area (Å²) < 4.78 is 0. The molecule has 0 heterocycles. The normalized spacial score (nSPS) is 14.6. The maximum atomic E-state index is 11.9. The topological polar surface area (TPSA) is 20.3 Å². The molecule has 0 N–H and O–H groups in total. The molecule has 0 aromatic carbocycles. The minimum atomic E-state index is 0.0914. The molecule has 0 aliphatic carbocycles. The summed E-state index contributed by atoms with van der Waals surface area (Å²) in [4.78, 5) is 13.8. The fourth-order valence-electron chi connectivity index (χ4n) is 1.45. The SMILES string of the molecule is C=C(C)C(=O)N(C(C)CC)C(C)CC. The van der Waals surface area contributed by atoms with E-state index in [0.717, 1.165) is 12.8 Å². The quantitative estimate of drug-likeness (QED) is 0.620. The maximum absolute atomic E-state index is 11.9. The molecule has 0 bridgehead atoms. The van der Waals surface area contributed by atoms with Crippen molar-refractivity contribution in [1.82, 2.24) is 4.90 Å². The highest BCUT2D eigenvalue weighted by atomic mass is 16.2. The molecule has 2 unspecified atom stereocenters. The average Bonchev–Trinajstić information content (AvgIpc) is 2.16. The molecule has 0 fully saturated rings. The van der Waals surface area contributed by atoms with Gasteiger partial charge in [-0.2, -0.15) is 0 Å². The van der Waals surface area contributed by atoms with E-state index in [0.29, 0.717) is 17.7 Å². The Bertz CT molecular complexity index is 200. The number of nitrogens with zero attached hydrogens (tertiary/aromatic N) is 1. The first-order chi connectivity index (χ1) is 6.45. The minimum Gasteiger partial charge on any atom is -0.334 e. The van der Waals surface area contributed by atoms with Gasteiger partial charge in [-0.25, -0.2) is 0 Å². The molecule has 0 radical (unpaired) electrons. The Kier molecular flexibility index (Phi) is 5.51. The number of hydrogen-bond acceptors (Lipinski definition) is 1. The van der Waals surface area contributed by atoms with Crippen LogP contribution >= 0.6 is 0 Å². The van der Waals surface area contributed by atoms with E-state index in [1.54, 1.807) is 6.92 Å². The van der Waals surface area contributed by atoms with Gasteiger partial charge in [0.05, 0.1) is 0 Å². The predicted octanol–water partition coefficient (Wildman–Crippen LogP) is 2.99. The molecule has 0 spiro atoms. The van der Waals surface area contributed by atoms with E-state index in [1.807, 2.05) is 4.90 Å². The largest absolute Gasteiger partial charge is 0.334 e. The van der Waals surface area contributed by atoms with Crippen molar-refractivity contribution in [2.45, 2.75) is 59.5 Å². The highest BCUT2D eigenvalue weighted by Gasteiger charge is 2.23. The van der Waals surface area contributed by atoms with Crippen LogP contribution in [0.2, 0.25) is 0 Å². The summed E-state index contributed by atoms with van der Waals surface area (Å²) >= 11 is 0. The average molecular weight is 197 g/mol. The molecule has 82 valence electrons. The van der Waals surface area contributed by atoms with E-state index in [4.69, 9.17) is 0 Å².